The van der Waals surface area contributed by atoms with Crippen molar-refractivity contribution in [2.75, 3.05) is 59.0 Å². The molecule has 0 aliphatic rings. The average molecular weight is 1180 g/mol. The number of carbonyl (C=O) groups excluding carboxylic acids is 5. The maximum Gasteiger partial charge on any atom is 0.303 e. The number of carboxylic acids is 1. The first-order chi connectivity index (χ1) is 35.5. The summed E-state index contributed by atoms with van der Waals surface area (Å²) in [4.78, 5) is 84.1. The van der Waals surface area contributed by atoms with Gasteiger partial charge in [0.05, 0.1) is 27.0 Å². The van der Waals surface area contributed by atoms with Crippen LogP contribution in [0.4, 0.5) is 0 Å². The van der Waals surface area contributed by atoms with Gasteiger partial charge in [0.2, 0.25) is 23.6 Å². The van der Waals surface area contributed by atoms with Gasteiger partial charge in [0.15, 0.2) is 6.10 Å². The molecule has 1 rings (SSSR count). The van der Waals surface area contributed by atoms with Crippen molar-refractivity contribution in [2.45, 2.75) is 128 Å². The number of benzene rings is 1. The SMILES string of the molecule is CC(C#N)(CCC(=O)O)CC(C)(CC(C)(CC(C)(CC(C)(SC(=S)c1ccccc1)C(=O)NCCCNC(=S)S)C(=O)NCCCNC(=S)S)C(=O)NCCCN)C(=O)NCCCNC(=O)[C@@H](O)[C@@H](O)[C@H](O)[C@H](O)CO. The van der Waals surface area contributed by atoms with Crippen molar-refractivity contribution in [3.8, 4) is 6.07 Å². The molecule has 76 heavy (non-hydrogen) atoms. The van der Waals surface area contributed by atoms with Crippen molar-refractivity contribution in [1.82, 2.24) is 37.2 Å². The van der Waals surface area contributed by atoms with Crippen LogP contribution in [0, 0.1) is 33.0 Å². The van der Waals surface area contributed by atoms with E-state index in [4.69, 9.17) is 47.5 Å². The standard InChI is InChI=1S/C49H79N9O12S6/c1-45(30-51,16-15-33(61)62)26-46(2,39(67)54-20-10-19-52-37(66)36(65)35(64)34(63)32(60)25-59)27-47(3,40(68)53-18-9-17-50)28-48(4,41(69)55-21-11-23-57-43(72)73)29-49(5,42(70)56-22-12-24-58-44(74)75)76-38(71)31-13-7-6-8-14-31/h6-8,13-14,32,34-36,59-60,63-65H,9-12,15-29,50H2,1-5H3,(H,52,66)(H,53,68)(H,54,67)(H,55,69)(H,56,70)(H,61,62)(H2,57,72,73)(H2,58,74,75)/t32-,34-,35+,36+,45?,46?,47?,48?,49?/m1/s1. The fraction of sp³-hybridized carbons (Fsp3) is 0.673. The minimum atomic E-state index is -2.20. The number of aliphatic hydroxyl groups excluding tert-OH is 5. The van der Waals surface area contributed by atoms with Gasteiger partial charge in [-0.2, -0.15) is 5.26 Å². The van der Waals surface area contributed by atoms with Crippen molar-refractivity contribution in [3.63, 3.8) is 0 Å². The quantitative estimate of drug-likeness (QED) is 0.0251. The van der Waals surface area contributed by atoms with Gasteiger partial charge >= 0.3 is 5.97 Å². The smallest absolute Gasteiger partial charge is 0.303 e. The molecule has 0 aliphatic heterocycles. The van der Waals surface area contributed by atoms with Gasteiger partial charge in [0.25, 0.3) is 5.91 Å². The Labute approximate surface area is 477 Å². The third-order valence-electron chi connectivity index (χ3n) is 12.6. The number of rotatable bonds is 37. The van der Waals surface area contributed by atoms with Crippen LogP contribution in [0.1, 0.15) is 104 Å². The summed E-state index contributed by atoms with van der Waals surface area (Å²) in [5.41, 5.74) is 0.0222. The van der Waals surface area contributed by atoms with Crippen LogP contribution in [0.2, 0.25) is 0 Å². The second-order valence-electron chi connectivity index (χ2n) is 20.1. The van der Waals surface area contributed by atoms with E-state index in [1.54, 1.807) is 45.0 Å². The van der Waals surface area contributed by atoms with E-state index in [1.165, 1.54) is 13.8 Å². The number of aliphatic hydroxyl groups is 5. The Balaban J connectivity index is 4.03. The summed E-state index contributed by atoms with van der Waals surface area (Å²) in [5.74, 6) is -4.56. The van der Waals surface area contributed by atoms with Crippen LogP contribution in [0.15, 0.2) is 30.3 Å². The fourth-order valence-electron chi connectivity index (χ4n) is 8.95. The third-order valence-corrected chi connectivity index (χ3v) is 14.9. The third kappa shape index (κ3) is 24.5. The van der Waals surface area contributed by atoms with Gasteiger partial charge in [-0.25, -0.2) is 0 Å². The Kier molecular flexibility index (Phi) is 31.7. The Bertz CT molecular complexity index is 2170. The molecule has 0 spiro atoms. The van der Waals surface area contributed by atoms with E-state index < -0.39 is 99.4 Å². The van der Waals surface area contributed by atoms with Gasteiger partial charge in [-0.05, 0) is 83.7 Å². The summed E-state index contributed by atoms with van der Waals surface area (Å²) < 4.78 is -0.608. The van der Waals surface area contributed by atoms with Crippen LogP contribution < -0.4 is 43.0 Å². The maximum atomic E-state index is 15.1. The van der Waals surface area contributed by atoms with Crippen molar-refractivity contribution in [2.24, 2.45) is 27.4 Å². The number of thiol groups is 2. The lowest BCUT2D eigenvalue weighted by Crippen LogP contribution is -2.55. The van der Waals surface area contributed by atoms with Gasteiger partial charge in [-0.15, -0.1) is 25.3 Å². The number of amides is 5. The Morgan fingerprint density at radius 1 is 0.645 bits per heavy atom. The minimum absolute atomic E-state index is 0.0272. The lowest BCUT2D eigenvalue weighted by atomic mass is 9.59. The molecule has 1 aromatic carbocycles. The number of nitriles is 1. The van der Waals surface area contributed by atoms with E-state index in [9.17, 15) is 54.8 Å². The summed E-state index contributed by atoms with van der Waals surface area (Å²) in [6.07, 6.45) is -8.72. The molecule has 21 nitrogen and oxygen atoms in total. The summed E-state index contributed by atoms with van der Waals surface area (Å²) in [6.45, 7) is 8.09. The van der Waals surface area contributed by atoms with E-state index in [0.717, 1.165) is 11.8 Å². The second-order valence-corrected chi connectivity index (χ2v) is 24.6. The van der Waals surface area contributed by atoms with Crippen LogP contribution in [-0.4, -0.2) is 167 Å². The molecular weight excluding hydrogens is 1100 g/mol. The first-order valence-electron chi connectivity index (χ1n) is 24.8. The van der Waals surface area contributed by atoms with E-state index in [-0.39, 0.29) is 86.4 Å². The number of nitrogens with one attached hydrogen (secondary N) is 7. The van der Waals surface area contributed by atoms with Gasteiger partial charge in [0.1, 0.15) is 27.0 Å². The average Bonchev–Trinajstić information content (AvgIpc) is 3.36. The minimum Gasteiger partial charge on any atom is -0.481 e. The highest BCUT2D eigenvalue weighted by Gasteiger charge is 2.54. The lowest BCUT2D eigenvalue weighted by molar-refractivity contribution is -0.149. The zero-order valence-corrected chi connectivity index (χ0v) is 48.9. The van der Waals surface area contributed by atoms with Crippen LogP contribution in [0.3, 0.4) is 0 Å². The van der Waals surface area contributed by atoms with Crippen molar-refractivity contribution in [1.29, 1.82) is 5.26 Å². The van der Waals surface area contributed by atoms with Gasteiger partial charge in [-0.1, -0.05) is 99.5 Å². The molecule has 0 radical (unpaired) electrons. The van der Waals surface area contributed by atoms with E-state index in [2.05, 4.69) is 68.5 Å². The first-order valence-corrected chi connectivity index (χ1v) is 27.7. The number of aliphatic carboxylic acids is 1. The number of carboxylic acid groups (broad SMARTS) is 1. The Hall–Kier alpha value is -3.79. The molecule has 0 saturated carbocycles. The number of nitrogens with two attached hydrogens (primary N) is 1. The van der Waals surface area contributed by atoms with Gasteiger partial charge < -0.3 is 73.6 Å². The molecule has 0 fully saturated rings. The zero-order valence-electron chi connectivity index (χ0n) is 43.8. The highest BCUT2D eigenvalue weighted by Crippen LogP contribution is 2.51. The molecule has 0 heterocycles. The van der Waals surface area contributed by atoms with Crippen LogP contribution >= 0.6 is 73.7 Å². The van der Waals surface area contributed by atoms with Crippen molar-refractivity contribution >= 4 is 122 Å². The highest BCUT2D eigenvalue weighted by atomic mass is 32.2. The molecule has 0 aliphatic carbocycles. The summed E-state index contributed by atoms with van der Waals surface area (Å²) in [5, 5.41) is 89.3. The molecule has 9 atom stereocenters. The summed E-state index contributed by atoms with van der Waals surface area (Å²) in [7, 11) is 0. The molecule has 5 amide bonds. The van der Waals surface area contributed by atoms with Gasteiger partial charge in [0, 0.05) is 68.5 Å². The first kappa shape index (κ1) is 70.2. The molecule has 27 heteroatoms. The lowest BCUT2D eigenvalue weighted by Gasteiger charge is -2.45. The number of thioether (sulfide) groups is 1. The molecule has 1 aromatic rings. The van der Waals surface area contributed by atoms with Crippen LogP contribution in [0.5, 0.6) is 0 Å². The van der Waals surface area contributed by atoms with E-state index in [0.29, 0.717) is 42.1 Å². The monoisotopic (exact) mass is 1180 g/mol. The summed E-state index contributed by atoms with van der Waals surface area (Å²) in [6, 6.07) is 11.2. The predicted octanol–water partition coefficient (Wildman–Crippen LogP) is 0.973. The number of nitrogens with zero attached hydrogens (tertiary/aromatic N) is 1. The summed E-state index contributed by atoms with van der Waals surface area (Å²) >= 11 is 25.3. The van der Waals surface area contributed by atoms with Crippen molar-refractivity contribution < 1.29 is 59.4 Å². The maximum absolute atomic E-state index is 15.1. The molecule has 428 valence electrons. The van der Waals surface area contributed by atoms with Crippen LogP contribution in [-0.2, 0) is 28.8 Å². The van der Waals surface area contributed by atoms with E-state index >= 15 is 4.79 Å². The molecule has 0 bridgehead atoms. The largest absolute Gasteiger partial charge is 0.481 e. The van der Waals surface area contributed by atoms with E-state index in [1.807, 2.05) is 6.07 Å². The van der Waals surface area contributed by atoms with Crippen molar-refractivity contribution in [3.05, 3.63) is 35.9 Å². The number of hydrogen-bond acceptors (Lipinski definition) is 17. The molecular formula is C49H79N9O12S6. The molecule has 15 N–H and O–H groups in total. The second kappa shape index (κ2) is 34.3. The number of hydrogen-bond donors (Lipinski definition) is 16. The highest BCUT2D eigenvalue weighted by molar-refractivity contribution is 8.25. The number of carbonyl (C=O) groups is 6. The topological polar surface area (TPSA) is 358 Å². The van der Waals surface area contributed by atoms with Gasteiger partial charge in [-0.3, -0.25) is 28.8 Å². The zero-order chi connectivity index (χ0) is 57.9. The Morgan fingerprint density at radius 3 is 1.50 bits per heavy atom. The Morgan fingerprint density at radius 2 is 1.07 bits per heavy atom. The normalized spacial score (nSPS) is 16.8. The molecule has 5 unspecified atom stereocenters. The fourth-order valence-corrected chi connectivity index (χ4v) is 11.3. The van der Waals surface area contributed by atoms with Crippen LogP contribution in [0.25, 0.3) is 0 Å². The predicted molar refractivity (Wildman–Crippen MR) is 310 cm³/mol. The molecule has 0 saturated heterocycles. The number of thiocarbonyl (C=S) groups is 3. The molecule has 0 aromatic heterocycles.